The molecule has 6 heteroatoms. The van der Waals surface area contributed by atoms with Crippen molar-refractivity contribution >= 4 is 37.7 Å². The lowest BCUT2D eigenvalue weighted by Gasteiger charge is -2.10. The van der Waals surface area contributed by atoms with Gasteiger partial charge in [0.1, 0.15) is 22.4 Å². The summed E-state index contributed by atoms with van der Waals surface area (Å²) in [5.41, 5.74) is 1.16. The zero-order valence-electron chi connectivity index (χ0n) is 9.87. The van der Waals surface area contributed by atoms with Crippen LogP contribution in [0.3, 0.4) is 0 Å². The Morgan fingerprint density at radius 2 is 2.00 bits per heavy atom. The van der Waals surface area contributed by atoms with Crippen molar-refractivity contribution in [1.82, 2.24) is 9.97 Å². The van der Waals surface area contributed by atoms with E-state index in [1.54, 1.807) is 7.05 Å². The van der Waals surface area contributed by atoms with Crippen molar-refractivity contribution in [3.63, 3.8) is 0 Å². The predicted octanol–water partition coefficient (Wildman–Crippen LogP) is 4.14. The van der Waals surface area contributed by atoms with E-state index in [4.69, 9.17) is 4.74 Å². The molecule has 0 spiro atoms. The van der Waals surface area contributed by atoms with E-state index in [2.05, 4.69) is 47.1 Å². The molecule has 18 heavy (non-hydrogen) atoms. The third kappa shape index (κ3) is 2.81. The van der Waals surface area contributed by atoms with E-state index in [1.807, 2.05) is 25.1 Å². The highest BCUT2D eigenvalue weighted by Gasteiger charge is 2.11. The highest BCUT2D eigenvalue weighted by Crippen LogP contribution is 2.35. The molecule has 0 saturated heterocycles. The van der Waals surface area contributed by atoms with Crippen LogP contribution in [-0.4, -0.2) is 17.0 Å². The number of aromatic nitrogens is 2. The van der Waals surface area contributed by atoms with E-state index in [-0.39, 0.29) is 0 Å². The zero-order valence-corrected chi connectivity index (χ0v) is 13.0. The van der Waals surface area contributed by atoms with Crippen LogP contribution < -0.4 is 10.1 Å². The van der Waals surface area contributed by atoms with Gasteiger partial charge in [0.25, 0.3) is 0 Å². The van der Waals surface area contributed by atoms with Crippen molar-refractivity contribution in [1.29, 1.82) is 0 Å². The second-order valence-corrected chi connectivity index (χ2v) is 5.27. The Bertz CT molecular complexity index is 575. The number of benzene rings is 1. The fourth-order valence-corrected chi connectivity index (χ4v) is 2.45. The van der Waals surface area contributed by atoms with Gasteiger partial charge in [0, 0.05) is 7.05 Å². The largest absolute Gasteiger partial charge is 0.436 e. The molecule has 0 aliphatic heterocycles. The lowest BCUT2D eigenvalue weighted by molar-refractivity contribution is 0.455. The summed E-state index contributed by atoms with van der Waals surface area (Å²) in [5, 5.41) is 2.96. The number of aryl methyl sites for hydroxylation is 1. The first-order valence-electron chi connectivity index (χ1n) is 5.24. The number of rotatable bonds is 3. The molecule has 94 valence electrons. The molecule has 2 aromatic rings. The summed E-state index contributed by atoms with van der Waals surface area (Å²) in [7, 11) is 1.79. The Morgan fingerprint density at radius 3 is 2.67 bits per heavy atom. The highest BCUT2D eigenvalue weighted by atomic mass is 79.9. The fourth-order valence-electron chi connectivity index (χ4n) is 1.39. The third-order valence-corrected chi connectivity index (χ3v) is 3.62. The first-order valence-corrected chi connectivity index (χ1v) is 6.82. The van der Waals surface area contributed by atoms with Crippen LogP contribution in [0.1, 0.15) is 5.56 Å². The van der Waals surface area contributed by atoms with Crippen LogP contribution in [-0.2, 0) is 0 Å². The molecule has 0 unspecified atom stereocenters. The van der Waals surface area contributed by atoms with Gasteiger partial charge >= 0.3 is 0 Å². The highest BCUT2D eigenvalue weighted by molar-refractivity contribution is 9.11. The van der Waals surface area contributed by atoms with Crippen molar-refractivity contribution in [2.75, 3.05) is 12.4 Å². The van der Waals surface area contributed by atoms with E-state index >= 15 is 0 Å². The molecule has 0 fully saturated rings. The Balaban J connectivity index is 2.34. The van der Waals surface area contributed by atoms with Crippen molar-refractivity contribution in [2.24, 2.45) is 0 Å². The summed E-state index contributed by atoms with van der Waals surface area (Å²) in [6, 6.07) is 5.87. The molecule has 4 nitrogen and oxygen atoms in total. The van der Waals surface area contributed by atoms with Crippen LogP contribution in [0.4, 0.5) is 5.82 Å². The van der Waals surface area contributed by atoms with Crippen molar-refractivity contribution in [3.05, 3.63) is 39.0 Å². The topological polar surface area (TPSA) is 47.0 Å². The minimum Gasteiger partial charge on any atom is -0.436 e. The van der Waals surface area contributed by atoms with Crippen LogP contribution in [0.25, 0.3) is 0 Å². The molecule has 1 heterocycles. The number of nitrogens with one attached hydrogen (secondary N) is 1. The Hall–Kier alpha value is -1.14. The van der Waals surface area contributed by atoms with Gasteiger partial charge in [0.2, 0.25) is 5.88 Å². The first-order chi connectivity index (χ1) is 8.61. The Morgan fingerprint density at radius 1 is 1.22 bits per heavy atom. The Labute approximate surface area is 122 Å². The standard InChI is InChI=1S/C12H11Br2N3O/c1-7-3-4-9(8(13)5-7)18-12-10(14)11(15-2)16-6-17-12/h3-6H,1-2H3,(H,15,16,17). The summed E-state index contributed by atoms with van der Waals surface area (Å²) in [5.74, 6) is 1.86. The van der Waals surface area contributed by atoms with Gasteiger partial charge in [-0.1, -0.05) is 6.07 Å². The van der Waals surface area contributed by atoms with Gasteiger partial charge < -0.3 is 10.1 Å². The molecule has 1 N–H and O–H groups in total. The van der Waals surface area contributed by atoms with Crippen LogP contribution in [0.2, 0.25) is 0 Å². The van der Waals surface area contributed by atoms with Gasteiger partial charge in [-0.3, -0.25) is 0 Å². The van der Waals surface area contributed by atoms with E-state index in [9.17, 15) is 0 Å². The molecule has 0 atom stereocenters. The maximum Gasteiger partial charge on any atom is 0.238 e. The number of anilines is 1. The van der Waals surface area contributed by atoms with Gasteiger partial charge in [-0.2, -0.15) is 0 Å². The van der Waals surface area contributed by atoms with E-state index < -0.39 is 0 Å². The maximum absolute atomic E-state index is 5.75. The average Bonchev–Trinajstić information content (AvgIpc) is 2.35. The molecule has 2 rings (SSSR count). The molecule has 0 saturated carbocycles. The minimum absolute atomic E-state index is 0.471. The lowest BCUT2D eigenvalue weighted by atomic mass is 10.2. The molecular formula is C12H11Br2N3O. The van der Waals surface area contributed by atoms with Crippen molar-refractivity contribution in [2.45, 2.75) is 6.92 Å². The predicted molar refractivity (Wildman–Crippen MR) is 78.2 cm³/mol. The number of halogens is 2. The molecule has 0 aliphatic carbocycles. The van der Waals surface area contributed by atoms with E-state index in [0.717, 1.165) is 10.0 Å². The molecule has 0 aliphatic rings. The van der Waals surface area contributed by atoms with E-state index in [1.165, 1.54) is 6.33 Å². The molecule has 0 radical (unpaired) electrons. The van der Waals surface area contributed by atoms with Crippen LogP contribution in [0, 0.1) is 6.92 Å². The SMILES string of the molecule is CNc1ncnc(Oc2ccc(C)cc2Br)c1Br. The fraction of sp³-hybridized carbons (Fsp3) is 0.167. The summed E-state index contributed by atoms with van der Waals surface area (Å²) >= 11 is 6.88. The minimum atomic E-state index is 0.471. The number of nitrogens with zero attached hydrogens (tertiary/aromatic N) is 2. The lowest BCUT2D eigenvalue weighted by Crippen LogP contribution is -1.98. The number of hydrogen-bond acceptors (Lipinski definition) is 4. The molecule has 0 bridgehead atoms. The number of ether oxygens (including phenoxy) is 1. The summed E-state index contributed by atoms with van der Waals surface area (Å²) in [4.78, 5) is 8.18. The Kier molecular flexibility index (Phi) is 4.19. The second kappa shape index (κ2) is 5.67. The molecular weight excluding hydrogens is 362 g/mol. The normalized spacial score (nSPS) is 10.2. The van der Waals surface area contributed by atoms with E-state index in [0.29, 0.717) is 21.9 Å². The smallest absolute Gasteiger partial charge is 0.238 e. The third-order valence-electron chi connectivity index (χ3n) is 2.29. The van der Waals surface area contributed by atoms with Gasteiger partial charge in [0.05, 0.1) is 4.47 Å². The quantitative estimate of drug-likeness (QED) is 0.879. The van der Waals surface area contributed by atoms with Crippen molar-refractivity contribution < 1.29 is 4.74 Å². The summed E-state index contributed by atoms with van der Waals surface area (Å²) in [6.45, 7) is 2.02. The molecule has 1 aromatic carbocycles. The second-order valence-electron chi connectivity index (χ2n) is 3.63. The first kappa shape index (κ1) is 13.3. The van der Waals surface area contributed by atoms with Gasteiger partial charge in [-0.05, 0) is 56.5 Å². The van der Waals surface area contributed by atoms with Crippen LogP contribution in [0.5, 0.6) is 11.6 Å². The number of hydrogen-bond donors (Lipinski definition) is 1. The monoisotopic (exact) mass is 371 g/mol. The van der Waals surface area contributed by atoms with Crippen molar-refractivity contribution in [3.8, 4) is 11.6 Å². The van der Waals surface area contributed by atoms with Gasteiger partial charge in [-0.15, -0.1) is 0 Å². The van der Waals surface area contributed by atoms with Gasteiger partial charge in [-0.25, -0.2) is 9.97 Å². The maximum atomic E-state index is 5.75. The molecule has 1 aromatic heterocycles. The molecule has 0 amide bonds. The van der Waals surface area contributed by atoms with Crippen LogP contribution >= 0.6 is 31.9 Å². The zero-order chi connectivity index (χ0) is 13.1. The van der Waals surface area contributed by atoms with Gasteiger partial charge in [0.15, 0.2) is 0 Å². The van der Waals surface area contributed by atoms with Crippen LogP contribution in [0.15, 0.2) is 33.5 Å². The average molecular weight is 373 g/mol. The summed E-state index contributed by atoms with van der Waals surface area (Å²) in [6.07, 6.45) is 1.45. The summed E-state index contributed by atoms with van der Waals surface area (Å²) < 4.78 is 7.33.